The minimum absolute atomic E-state index is 0.239. The van der Waals surface area contributed by atoms with Gasteiger partial charge in [-0.15, -0.1) is 0 Å². The van der Waals surface area contributed by atoms with Gasteiger partial charge in [-0.05, 0) is 37.1 Å². The molecule has 106 valence electrons. The molecule has 2 N–H and O–H groups in total. The van der Waals surface area contributed by atoms with Gasteiger partial charge in [-0.3, -0.25) is 4.90 Å². The van der Waals surface area contributed by atoms with E-state index in [9.17, 15) is 0 Å². The Morgan fingerprint density at radius 1 is 1.26 bits per heavy atom. The molecule has 1 aromatic carbocycles. The van der Waals surface area contributed by atoms with E-state index in [0.717, 1.165) is 6.54 Å². The van der Waals surface area contributed by atoms with E-state index in [4.69, 9.17) is 28.9 Å². The fourth-order valence-corrected chi connectivity index (χ4v) is 3.46. The molecule has 1 atom stereocenters. The fraction of sp³-hybridized carbons (Fsp3) is 0.600. The van der Waals surface area contributed by atoms with Crippen LogP contribution in [0.15, 0.2) is 18.2 Å². The van der Waals surface area contributed by atoms with Crippen LogP contribution in [0.3, 0.4) is 0 Å². The van der Waals surface area contributed by atoms with Crippen LogP contribution < -0.4 is 5.73 Å². The number of nitrogens with two attached hydrogens (primary N) is 1. The van der Waals surface area contributed by atoms with Crippen molar-refractivity contribution in [3.05, 3.63) is 33.8 Å². The van der Waals surface area contributed by atoms with Crippen molar-refractivity contribution in [2.24, 2.45) is 5.73 Å². The van der Waals surface area contributed by atoms with Crippen LogP contribution in [0, 0.1) is 0 Å². The van der Waals surface area contributed by atoms with Crippen LogP contribution in [-0.4, -0.2) is 24.0 Å². The largest absolute Gasteiger partial charge is 0.329 e. The van der Waals surface area contributed by atoms with Gasteiger partial charge in [0.15, 0.2) is 0 Å². The zero-order chi connectivity index (χ0) is 13.8. The van der Waals surface area contributed by atoms with Gasteiger partial charge in [-0.2, -0.15) is 0 Å². The third kappa shape index (κ3) is 3.43. The maximum absolute atomic E-state index is 6.13. The molecule has 1 fully saturated rings. The number of benzene rings is 1. The van der Waals surface area contributed by atoms with E-state index in [2.05, 4.69) is 11.8 Å². The molecule has 1 unspecified atom stereocenters. The summed E-state index contributed by atoms with van der Waals surface area (Å²) in [7, 11) is 0. The van der Waals surface area contributed by atoms with Crippen molar-refractivity contribution in [2.75, 3.05) is 13.1 Å². The minimum Gasteiger partial charge on any atom is -0.329 e. The summed E-state index contributed by atoms with van der Waals surface area (Å²) in [6.45, 7) is 3.84. The standard InChI is InChI=1S/C15H22Cl2N2/c1-2-19(12-5-3-4-6-12)15(10-18)11-7-8-13(16)14(17)9-11/h7-9,12,15H,2-6,10,18H2,1H3. The van der Waals surface area contributed by atoms with Gasteiger partial charge in [0.25, 0.3) is 0 Å². The maximum atomic E-state index is 6.13. The highest BCUT2D eigenvalue weighted by Gasteiger charge is 2.27. The number of halogens is 2. The van der Waals surface area contributed by atoms with Gasteiger partial charge in [-0.1, -0.05) is 49.0 Å². The number of nitrogens with zero attached hydrogens (tertiary/aromatic N) is 1. The summed E-state index contributed by atoms with van der Waals surface area (Å²) in [5.74, 6) is 0. The van der Waals surface area contributed by atoms with Crippen LogP contribution in [0.5, 0.6) is 0 Å². The van der Waals surface area contributed by atoms with E-state index in [1.54, 1.807) is 0 Å². The van der Waals surface area contributed by atoms with E-state index in [-0.39, 0.29) is 6.04 Å². The van der Waals surface area contributed by atoms with E-state index < -0.39 is 0 Å². The van der Waals surface area contributed by atoms with Crippen LogP contribution in [0.1, 0.15) is 44.2 Å². The Bertz CT molecular complexity index is 417. The van der Waals surface area contributed by atoms with Gasteiger partial charge in [0.1, 0.15) is 0 Å². The first kappa shape index (κ1) is 15.1. The van der Waals surface area contributed by atoms with E-state index in [0.29, 0.717) is 22.6 Å². The van der Waals surface area contributed by atoms with Gasteiger partial charge in [0, 0.05) is 18.6 Å². The van der Waals surface area contributed by atoms with Gasteiger partial charge in [0.2, 0.25) is 0 Å². The summed E-state index contributed by atoms with van der Waals surface area (Å²) in [6, 6.07) is 6.77. The summed E-state index contributed by atoms with van der Waals surface area (Å²) in [4.78, 5) is 2.52. The Morgan fingerprint density at radius 2 is 1.95 bits per heavy atom. The lowest BCUT2D eigenvalue weighted by atomic mass is 10.0. The molecule has 1 saturated carbocycles. The summed E-state index contributed by atoms with van der Waals surface area (Å²) in [5, 5.41) is 1.21. The highest BCUT2D eigenvalue weighted by Crippen LogP contribution is 2.32. The van der Waals surface area contributed by atoms with E-state index in [1.807, 2.05) is 18.2 Å². The molecule has 0 amide bonds. The van der Waals surface area contributed by atoms with Crippen molar-refractivity contribution in [1.82, 2.24) is 4.90 Å². The Kier molecular flexibility index (Phi) is 5.52. The molecule has 0 heterocycles. The van der Waals surface area contributed by atoms with Gasteiger partial charge < -0.3 is 5.73 Å². The predicted molar refractivity (Wildman–Crippen MR) is 82.9 cm³/mol. The van der Waals surface area contributed by atoms with Crippen molar-refractivity contribution in [2.45, 2.75) is 44.7 Å². The average molecular weight is 301 g/mol. The lowest BCUT2D eigenvalue weighted by molar-refractivity contribution is 0.147. The number of likely N-dealkylation sites (N-methyl/N-ethyl adjacent to an activating group) is 1. The Morgan fingerprint density at radius 3 is 2.47 bits per heavy atom. The zero-order valence-electron chi connectivity index (χ0n) is 11.4. The van der Waals surface area contributed by atoms with Crippen molar-refractivity contribution < 1.29 is 0 Å². The maximum Gasteiger partial charge on any atom is 0.0595 e. The first-order chi connectivity index (χ1) is 9.17. The molecule has 0 spiro atoms. The second-order valence-electron chi connectivity index (χ2n) is 5.19. The van der Waals surface area contributed by atoms with Crippen LogP contribution in [0.4, 0.5) is 0 Å². The summed E-state index contributed by atoms with van der Waals surface area (Å²) >= 11 is 12.1. The lowest BCUT2D eigenvalue weighted by Gasteiger charge is -2.35. The second kappa shape index (κ2) is 6.94. The molecule has 0 radical (unpaired) electrons. The molecule has 0 saturated heterocycles. The topological polar surface area (TPSA) is 29.3 Å². The van der Waals surface area contributed by atoms with Gasteiger partial charge in [-0.25, -0.2) is 0 Å². The number of hydrogen-bond acceptors (Lipinski definition) is 2. The molecule has 1 aliphatic carbocycles. The van der Waals surface area contributed by atoms with E-state index in [1.165, 1.54) is 31.2 Å². The highest BCUT2D eigenvalue weighted by atomic mass is 35.5. The van der Waals surface area contributed by atoms with E-state index >= 15 is 0 Å². The second-order valence-corrected chi connectivity index (χ2v) is 6.01. The lowest BCUT2D eigenvalue weighted by Crippen LogP contribution is -2.40. The van der Waals surface area contributed by atoms with Crippen LogP contribution in [0.2, 0.25) is 10.0 Å². The molecule has 4 heteroatoms. The third-order valence-electron chi connectivity index (χ3n) is 4.11. The predicted octanol–water partition coefficient (Wildman–Crippen LogP) is 4.26. The molecule has 1 aromatic rings. The van der Waals surface area contributed by atoms with Crippen molar-refractivity contribution >= 4 is 23.2 Å². The third-order valence-corrected chi connectivity index (χ3v) is 4.85. The Balaban J connectivity index is 2.23. The molecule has 19 heavy (non-hydrogen) atoms. The normalized spacial score (nSPS) is 18.2. The molecule has 1 aliphatic rings. The zero-order valence-corrected chi connectivity index (χ0v) is 12.9. The first-order valence-corrected chi connectivity index (χ1v) is 7.83. The first-order valence-electron chi connectivity index (χ1n) is 7.08. The molecule has 0 aromatic heterocycles. The molecule has 0 bridgehead atoms. The molecular formula is C15H22Cl2N2. The smallest absolute Gasteiger partial charge is 0.0595 e. The van der Waals surface area contributed by atoms with Crippen LogP contribution in [-0.2, 0) is 0 Å². The highest BCUT2D eigenvalue weighted by molar-refractivity contribution is 6.42. The van der Waals surface area contributed by atoms with Gasteiger partial charge >= 0.3 is 0 Å². The molecular weight excluding hydrogens is 279 g/mol. The van der Waals surface area contributed by atoms with Crippen LogP contribution in [0.25, 0.3) is 0 Å². The van der Waals surface area contributed by atoms with Gasteiger partial charge in [0.05, 0.1) is 10.0 Å². The van der Waals surface area contributed by atoms with Crippen molar-refractivity contribution in [1.29, 1.82) is 0 Å². The number of rotatable bonds is 5. The minimum atomic E-state index is 0.239. The summed E-state index contributed by atoms with van der Waals surface area (Å²) < 4.78 is 0. The average Bonchev–Trinajstić information content (AvgIpc) is 2.93. The van der Waals surface area contributed by atoms with Crippen molar-refractivity contribution in [3.63, 3.8) is 0 Å². The quantitative estimate of drug-likeness (QED) is 0.880. The van der Waals surface area contributed by atoms with Crippen molar-refractivity contribution in [3.8, 4) is 0 Å². The summed E-state index contributed by atoms with van der Waals surface area (Å²) in [5.41, 5.74) is 7.19. The Labute approximate surface area is 125 Å². The molecule has 2 nitrogen and oxygen atoms in total. The fourth-order valence-electron chi connectivity index (χ4n) is 3.15. The molecule has 0 aliphatic heterocycles. The summed E-state index contributed by atoms with van der Waals surface area (Å²) in [6.07, 6.45) is 5.23. The Hall–Kier alpha value is -0.280. The molecule has 2 rings (SSSR count). The van der Waals surface area contributed by atoms with Crippen LogP contribution >= 0.6 is 23.2 Å². The number of hydrogen-bond donors (Lipinski definition) is 1. The SMILES string of the molecule is CCN(C1CCCC1)C(CN)c1ccc(Cl)c(Cl)c1. The monoisotopic (exact) mass is 300 g/mol.